The number of aliphatic hydroxyl groups is 2. The molecule has 22 N–H and O–H groups in total. The van der Waals surface area contributed by atoms with Crippen molar-refractivity contribution in [2.75, 3.05) is 68.7 Å². The average molecular weight is 1650 g/mol. The highest BCUT2D eigenvalue weighted by Gasteiger charge is 2.39. The van der Waals surface area contributed by atoms with Gasteiger partial charge in [-0.2, -0.15) is 42.1 Å². The number of nitrogens with one attached hydrogen (secondary N) is 15. The van der Waals surface area contributed by atoms with Gasteiger partial charge in [0.2, 0.25) is 65.0 Å². The standard InChI is InChI=1S/C57H107N17O29S5/c1-32(2)11-9-10-12-45(77)63-37(13-19-58-27-104(89,90)91)52(82)72-47(36(8)76)57(87)68-42(18-24-74(73-88)31-108(101,102)103)51(81)66-41-17-23-62-56(86)46(35(7)75)71-53(83)40(16-22-61-30-107(98,99)100)65-48(78)38(14-20-59-28-105(92,93)94)67-54(84)43(25-33(3)4)70-55(85)44(26-34(5)6)69-50(80)39(64-49(41)79)15-21-60-29-106(95,96)97/h32-44,46-47,58-61,75-76H,9-31H2,1-8H3,(H,62,86)(H,63,77)(H,64,79)(H,65,78)(H,66,81)(H,67,84)(H,68,87)(H,69,80)(H,70,85)(H,71,83)(H,72,82)(H,89,90,91)(H,92,93,94)(H,95,96,97)(H,98,99,100)(H,101,102,103)/t35-,36-,37+,38+,39+,40+,41+,42+,43+,44-,46+,47+/m1/s1. The molecule has 11 amide bonds. The van der Waals surface area contributed by atoms with E-state index in [0.29, 0.717) is 12.8 Å². The van der Waals surface area contributed by atoms with Crippen LogP contribution >= 0.6 is 0 Å². The number of amides is 11. The van der Waals surface area contributed by atoms with E-state index in [2.05, 4.69) is 85.0 Å². The zero-order valence-electron chi connectivity index (χ0n) is 61.0. The van der Waals surface area contributed by atoms with Crippen molar-refractivity contribution in [2.45, 2.75) is 205 Å². The highest BCUT2D eigenvalue weighted by Crippen LogP contribution is 2.14. The monoisotopic (exact) mass is 1650 g/mol. The Bertz CT molecular complexity index is 3600. The summed E-state index contributed by atoms with van der Waals surface area (Å²) in [6.45, 7) is 8.46. The Labute approximate surface area is 626 Å². The van der Waals surface area contributed by atoms with Crippen molar-refractivity contribution in [3.63, 3.8) is 0 Å². The van der Waals surface area contributed by atoms with E-state index in [0.717, 1.165) is 20.3 Å². The zero-order valence-corrected chi connectivity index (χ0v) is 65.1. The molecule has 0 radical (unpaired) electrons. The van der Waals surface area contributed by atoms with Crippen LogP contribution < -0.4 is 79.8 Å². The summed E-state index contributed by atoms with van der Waals surface area (Å²) in [5.74, 6) is -20.2. The quantitative estimate of drug-likeness (QED) is 0.0117. The van der Waals surface area contributed by atoms with Gasteiger partial charge in [-0.25, -0.2) is 5.01 Å². The lowest BCUT2D eigenvalue weighted by molar-refractivity contribution is -0.137. The second kappa shape index (κ2) is 47.8. The van der Waals surface area contributed by atoms with Gasteiger partial charge in [0.05, 0.1) is 17.5 Å². The number of nitrogens with zero attached hydrogens (tertiary/aromatic N) is 2. The molecule has 0 aromatic carbocycles. The number of rotatable bonds is 44. The third-order valence-corrected chi connectivity index (χ3v) is 18.4. The van der Waals surface area contributed by atoms with Crippen molar-refractivity contribution in [3.8, 4) is 0 Å². The number of carbonyl (C=O) groups excluding carboxylic acids is 11. The van der Waals surface area contributed by atoms with Crippen molar-refractivity contribution < 1.29 is 128 Å². The predicted molar refractivity (Wildman–Crippen MR) is 382 cm³/mol. The second-order valence-corrected chi connectivity index (χ2v) is 34.1. The van der Waals surface area contributed by atoms with Gasteiger partial charge < -0.3 is 90.0 Å². The maximum absolute atomic E-state index is 14.9. The van der Waals surface area contributed by atoms with Crippen molar-refractivity contribution in [1.82, 2.24) is 84.8 Å². The van der Waals surface area contributed by atoms with E-state index in [1.807, 2.05) is 13.8 Å². The van der Waals surface area contributed by atoms with Crippen LogP contribution in [-0.2, 0) is 103 Å². The molecule has 624 valence electrons. The third kappa shape index (κ3) is 44.5. The Morgan fingerprint density at radius 3 is 1.28 bits per heavy atom. The van der Waals surface area contributed by atoms with Crippen LogP contribution in [0.15, 0.2) is 5.29 Å². The van der Waals surface area contributed by atoms with E-state index in [1.54, 1.807) is 27.7 Å². The van der Waals surface area contributed by atoms with Gasteiger partial charge in [-0.1, -0.05) is 54.4 Å². The molecular formula is C57H107N17O29S5. The SMILES string of the molecule is CC(C)CCCCC(=O)N[C@@H](CCNCS(=O)(=O)O)C(=O)N[C@H](C(=O)N[C@@H](CCN(CS(=O)(=O)O)N=O)C(=O)N[C@H]1CCNC(=O)[C@H]([C@@H](C)O)NC(=O)[C@H](CCNCS(=O)(=O)O)NC(=O)[C@H](CCNCS(=O)(=O)O)NC(=O)[C@H](CC(C)C)NC(=O)[C@@H](CC(C)C)NC(=O)[C@H](CCNCS(=O)(=O)O)NC1=O)[C@@H](C)O. The molecule has 1 aliphatic rings. The summed E-state index contributed by atoms with van der Waals surface area (Å²) < 4.78 is 164. The normalized spacial score (nSPS) is 21.1. The smallest absolute Gasteiger partial charge is 0.285 e. The maximum atomic E-state index is 14.9. The van der Waals surface area contributed by atoms with Gasteiger partial charge in [0.25, 0.3) is 50.6 Å². The van der Waals surface area contributed by atoms with E-state index in [4.69, 9.17) is 0 Å². The molecule has 1 saturated heterocycles. The molecule has 0 unspecified atom stereocenters. The summed E-state index contributed by atoms with van der Waals surface area (Å²) in [5, 5.41) is 59.6. The number of aliphatic hydroxyl groups excluding tert-OH is 2. The maximum Gasteiger partial charge on any atom is 0.285 e. The Kier molecular flexibility index (Phi) is 43.8. The first kappa shape index (κ1) is 98.9. The number of nitroso groups, excluding NO2 is 1. The first-order valence-electron chi connectivity index (χ1n) is 34.1. The average Bonchev–Trinajstić information content (AvgIpc) is 0.944. The number of unbranched alkanes of at least 4 members (excludes halogenated alkanes) is 1. The van der Waals surface area contributed by atoms with Crippen LogP contribution in [0.3, 0.4) is 0 Å². The fourth-order valence-corrected chi connectivity index (χ4v) is 12.3. The van der Waals surface area contributed by atoms with Crippen molar-refractivity contribution in [1.29, 1.82) is 0 Å². The number of hydrogen-bond acceptors (Lipinski definition) is 29. The highest BCUT2D eigenvalue weighted by atomic mass is 32.2. The minimum atomic E-state index is -5.09. The molecule has 1 fully saturated rings. The molecule has 0 saturated carbocycles. The number of carbonyl (C=O) groups is 11. The van der Waals surface area contributed by atoms with E-state index in [9.17, 15) is 133 Å². The Hall–Kier alpha value is -7.12. The van der Waals surface area contributed by atoms with Gasteiger partial charge in [-0.05, 0) is 116 Å². The summed E-state index contributed by atoms with van der Waals surface area (Å²) in [6, 6.07) is -19.1. The first-order valence-corrected chi connectivity index (χ1v) is 42.2. The van der Waals surface area contributed by atoms with E-state index >= 15 is 0 Å². The summed E-state index contributed by atoms with van der Waals surface area (Å²) in [5.41, 5.74) is 0. The third-order valence-electron chi connectivity index (χ3n) is 15.5. The molecule has 108 heavy (non-hydrogen) atoms. The van der Waals surface area contributed by atoms with Crippen LogP contribution in [0.25, 0.3) is 0 Å². The van der Waals surface area contributed by atoms with Crippen LogP contribution in [0.1, 0.15) is 132 Å². The van der Waals surface area contributed by atoms with Gasteiger partial charge >= 0.3 is 0 Å². The highest BCUT2D eigenvalue weighted by molar-refractivity contribution is 7.86. The van der Waals surface area contributed by atoms with Crippen LogP contribution in [-0.4, -0.2) is 286 Å². The Balaban J connectivity index is 4.42. The molecule has 1 rings (SSSR count). The molecule has 46 nitrogen and oxygen atoms in total. The molecule has 0 aromatic rings. The predicted octanol–water partition coefficient (Wildman–Crippen LogP) is -8.06. The molecule has 0 aromatic heterocycles. The molecule has 51 heteroatoms. The van der Waals surface area contributed by atoms with Crippen LogP contribution in [0.4, 0.5) is 0 Å². The molecule has 1 heterocycles. The summed E-state index contributed by atoms with van der Waals surface area (Å²) in [7, 11) is -23.9. The molecular weight excluding hydrogens is 1550 g/mol. The molecule has 0 bridgehead atoms. The van der Waals surface area contributed by atoms with Crippen LogP contribution in [0.2, 0.25) is 0 Å². The van der Waals surface area contributed by atoms with Gasteiger partial charge in [0, 0.05) is 19.5 Å². The topological polar surface area (TPSA) is 713 Å². The van der Waals surface area contributed by atoms with Crippen molar-refractivity contribution >= 4 is 116 Å². The fraction of sp³-hybridized carbons (Fsp3) is 0.807. The summed E-state index contributed by atoms with van der Waals surface area (Å²) in [6.07, 6.45) is -6.83. The lowest BCUT2D eigenvalue weighted by Gasteiger charge is -2.29. The van der Waals surface area contributed by atoms with Gasteiger partial charge in [-0.15, -0.1) is 4.91 Å². The van der Waals surface area contributed by atoms with Crippen LogP contribution in [0.5, 0.6) is 0 Å². The lowest BCUT2D eigenvalue weighted by atomic mass is 9.99. The number of hydrogen-bond donors (Lipinski definition) is 22. The van der Waals surface area contributed by atoms with Crippen molar-refractivity contribution in [2.24, 2.45) is 23.0 Å². The molecule has 0 aliphatic carbocycles. The van der Waals surface area contributed by atoms with E-state index in [-0.39, 0.29) is 36.7 Å². The minimum absolute atomic E-state index is 0.118. The largest absolute Gasteiger partial charge is 0.391 e. The Morgan fingerprint density at radius 2 is 0.880 bits per heavy atom. The van der Waals surface area contributed by atoms with Gasteiger partial charge in [-0.3, -0.25) is 75.5 Å². The first-order chi connectivity index (χ1) is 49.8. The minimum Gasteiger partial charge on any atom is -0.391 e. The fourth-order valence-electron chi connectivity index (χ4n) is 10.2. The second-order valence-electron chi connectivity index (χ2n) is 26.9. The van der Waals surface area contributed by atoms with Crippen molar-refractivity contribution in [3.05, 3.63) is 4.91 Å². The molecule has 0 spiro atoms. The summed E-state index contributed by atoms with van der Waals surface area (Å²) in [4.78, 5) is 170. The molecule has 12 atom stereocenters. The molecule has 1 aliphatic heterocycles. The zero-order chi connectivity index (χ0) is 82.7. The van der Waals surface area contributed by atoms with E-state index in [1.165, 1.54) is 0 Å². The van der Waals surface area contributed by atoms with Crippen LogP contribution in [0, 0.1) is 22.7 Å². The lowest BCUT2D eigenvalue weighted by Crippen LogP contribution is -2.62. The Morgan fingerprint density at radius 1 is 0.472 bits per heavy atom. The van der Waals surface area contributed by atoms with Gasteiger partial charge in [0.1, 0.15) is 83.9 Å². The van der Waals surface area contributed by atoms with Gasteiger partial charge in [0.15, 0.2) is 5.88 Å². The summed E-state index contributed by atoms with van der Waals surface area (Å²) >= 11 is 0. The van der Waals surface area contributed by atoms with E-state index < -0.39 is 301 Å².